The molecule has 0 aliphatic rings. The Morgan fingerprint density at radius 2 is 1.48 bits per heavy atom. The zero-order valence-electron chi connectivity index (χ0n) is 17.3. The number of esters is 1. The third kappa shape index (κ3) is 12.5. The number of hydrogen-bond acceptors (Lipinski definition) is 4. The predicted octanol–water partition coefficient (Wildman–Crippen LogP) is 5.93. The number of ether oxygens (including phenoxy) is 3. The van der Waals surface area contributed by atoms with Gasteiger partial charge < -0.3 is 14.2 Å². The lowest BCUT2D eigenvalue weighted by Crippen LogP contribution is -2.28. The van der Waals surface area contributed by atoms with Crippen molar-refractivity contribution in [3.05, 3.63) is 30.3 Å². The van der Waals surface area contributed by atoms with E-state index in [2.05, 4.69) is 6.92 Å². The smallest absolute Gasteiger partial charge is 0.335 e. The Morgan fingerprint density at radius 1 is 0.852 bits per heavy atom. The van der Waals surface area contributed by atoms with Crippen LogP contribution in [0.5, 0.6) is 5.75 Å². The van der Waals surface area contributed by atoms with Crippen LogP contribution in [-0.2, 0) is 14.3 Å². The van der Waals surface area contributed by atoms with Gasteiger partial charge in [0, 0.05) is 6.61 Å². The first-order chi connectivity index (χ1) is 13.3. The number of carbonyl (C=O) groups excluding carboxylic acids is 1. The maximum absolute atomic E-state index is 12.2. The van der Waals surface area contributed by atoms with E-state index in [1.54, 1.807) is 0 Å². The van der Waals surface area contributed by atoms with Crippen LogP contribution in [0.15, 0.2) is 30.3 Å². The molecular weight excluding hydrogens is 340 g/mol. The van der Waals surface area contributed by atoms with Gasteiger partial charge in [-0.25, -0.2) is 4.79 Å². The van der Waals surface area contributed by atoms with Crippen LogP contribution < -0.4 is 4.74 Å². The second-order valence-corrected chi connectivity index (χ2v) is 6.89. The van der Waals surface area contributed by atoms with E-state index in [9.17, 15) is 4.79 Å². The van der Waals surface area contributed by atoms with Crippen molar-refractivity contribution in [1.29, 1.82) is 0 Å². The largest absolute Gasteiger partial charge is 0.490 e. The van der Waals surface area contributed by atoms with Gasteiger partial charge in [-0.2, -0.15) is 0 Å². The maximum atomic E-state index is 12.2. The zero-order chi connectivity index (χ0) is 19.6. The van der Waals surface area contributed by atoms with Crippen molar-refractivity contribution in [2.45, 2.75) is 84.2 Å². The molecule has 0 bridgehead atoms. The highest BCUT2D eigenvalue weighted by Gasteiger charge is 2.19. The molecule has 0 fully saturated rings. The van der Waals surface area contributed by atoms with Gasteiger partial charge in [-0.3, -0.25) is 0 Å². The number of carbonyl (C=O) groups is 1. The molecule has 1 unspecified atom stereocenters. The van der Waals surface area contributed by atoms with Gasteiger partial charge >= 0.3 is 5.97 Å². The minimum absolute atomic E-state index is 0.245. The van der Waals surface area contributed by atoms with Gasteiger partial charge in [0.05, 0.1) is 0 Å². The fourth-order valence-corrected chi connectivity index (χ4v) is 3.02. The molecule has 0 aromatic heterocycles. The van der Waals surface area contributed by atoms with Gasteiger partial charge in [-0.1, -0.05) is 82.9 Å². The molecule has 27 heavy (non-hydrogen) atoms. The summed E-state index contributed by atoms with van der Waals surface area (Å²) in [5.41, 5.74) is 0. The number of para-hydroxylation sites is 1. The number of rotatable bonds is 17. The SMILES string of the molecule is CCCCCCCCCCCC(OCC)C(=O)OCCOc1ccccc1. The van der Waals surface area contributed by atoms with Crippen LogP contribution in [0, 0.1) is 0 Å². The van der Waals surface area contributed by atoms with Crippen LogP contribution in [0.1, 0.15) is 78.1 Å². The molecule has 0 N–H and O–H groups in total. The molecule has 1 aromatic rings. The lowest BCUT2D eigenvalue weighted by Gasteiger charge is -2.16. The maximum Gasteiger partial charge on any atom is 0.335 e. The molecule has 0 radical (unpaired) electrons. The molecule has 0 saturated carbocycles. The first kappa shape index (κ1) is 23.5. The monoisotopic (exact) mass is 378 g/mol. The summed E-state index contributed by atoms with van der Waals surface area (Å²) in [6.07, 6.45) is 11.7. The van der Waals surface area contributed by atoms with Crippen molar-refractivity contribution in [2.75, 3.05) is 19.8 Å². The lowest BCUT2D eigenvalue weighted by atomic mass is 10.1. The summed E-state index contributed by atoms with van der Waals surface area (Å²) in [5, 5.41) is 0. The third-order valence-electron chi connectivity index (χ3n) is 4.54. The Bertz CT molecular complexity index is 461. The van der Waals surface area contributed by atoms with E-state index in [1.165, 1.54) is 44.9 Å². The van der Waals surface area contributed by atoms with E-state index in [4.69, 9.17) is 14.2 Å². The summed E-state index contributed by atoms with van der Waals surface area (Å²) in [4.78, 5) is 12.2. The summed E-state index contributed by atoms with van der Waals surface area (Å²) in [5.74, 6) is 0.512. The minimum Gasteiger partial charge on any atom is -0.490 e. The minimum atomic E-state index is -0.448. The van der Waals surface area contributed by atoms with E-state index < -0.39 is 6.10 Å². The first-order valence-electron chi connectivity index (χ1n) is 10.7. The molecule has 1 atom stereocenters. The van der Waals surface area contributed by atoms with Crippen molar-refractivity contribution in [1.82, 2.24) is 0 Å². The molecule has 0 heterocycles. The molecule has 1 aromatic carbocycles. The van der Waals surface area contributed by atoms with Crippen molar-refractivity contribution >= 4 is 5.97 Å². The fraction of sp³-hybridized carbons (Fsp3) is 0.696. The summed E-state index contributed by atoms with van der Waals surface area (Å²) < 4.78 is 16.4. The Morgan fingerprint density at radius 3 is 2.11 bits per heavy atom. The molecule has 154 valence electrons. The fourth-order valence-electron chi connectivity index (χ4n) is 3.02. The lowest BCUT2D eigenvalue weighted by molar-refractivity contribution is -0.158. The van der Waals surface area contributed by atoms with E-state index in [0.29, 0.717) is 13.2 Å². The van der Waals surface area contributed by atoms with Crippen molar-refractivity contribution in [2.24, 2.45) is 0 Å². The van der Waals surface area contributed by atoms with Gasteiger partial charge in [0.1, 0.15) is 19.0 Å². The van der Waals surface area contributed by atoms with Crippen LogP contribution in [0.3, 0.4) is 0 Å². The Kier molecular flexibility index (Phi) is 14.5. The van der Waals surface area contributed by atoms with E-state index in [-0.39, 0.29) is 12.6 Å². The van der Waals surface area contributed by atoms with Crippen molar-refractivity contribution < 1.29 is 19.0 Å². The quantitative estimate of drug-likeness (QED) is 0.249. The second-order valence-electron chi connectivity index (χ2n) is 6.89. The molecular formula is C23H38O4. The summed E-state index contributed by atoms with van der Waals surface area (Å²) >= 11 is 0. The van der Waals surface area contributed by atoms with E-state index in [0.717, 1.165) is 25.0 Å². The van der Waals surface area contributed by atoms with Crippen LogP contribution in [0.4, 0.5) is 0 Å². The van der Waals surface area contributed by atoms with Gasteiger partial charge in [0.25, 0.3) is 0 Å². The molecule has 4 nitrogen and oxygen atoms in total. The number of unbranched alkanes of at least 4 members (excludes halogenated alkanes) is 8. The summed E-state index contributed by atoms with van der Waals surface area (Å²) in [6, 6.07) is 9.53. The topological polar surface area (TPSA) is 44.8 Å². The highest BCUT2D eigenvalue weighted by Crippen LogP contribution is 2.13. The van der Waals surface area contributed by atoms with Crippen LogP contribution in [-0.4, -0.2) is 31.9 Å². The Labute approximate surface area is 165 Å². The van der Waals surface area contributed by atoms with Gasteiger partial charge in [0.2, 0.25) is 0 Å². The van der Waals surface area contributed by atoms with E-state index in [1.807, 2.05) is 37.3 Å². The zero-order valence-corrected chi connectivity index (χ0v) is 17.3. The molecule has 0 aliphatic heterocycles. The van der Waals surface area contributed by atoms with Crippen LogP contribution in [0.25, 0.3) is 0 Å². The summed E-state index contributed by atoms with van der Waals surface area (Å²) in [7, 11) is 0. The molecule has 1 rings (SSSR count). The standard InChI is InChI=1S/C23H38O4/c1-3-5-6-7-8-9-10-11-15-18-22(25-4-2)23(24)27-20-19-26-21-16-13-12-14-17-21/h12-14,16-17,22H,3-11,15,18-20H2,1-2H3. The van der Waals surface area contributed by atoms with Gasteiger partial charge in [-0.15, -0.1) is 0 Å². The second kappa shape index (κ2) is 16.6. The normalized spacial score (nSPS) is 11.9. The van der Waals surface area contributed by atoms with Crippen LogP contribution >= 0.6 is 0 Å². The number of hydrogen-bond donors (Lipinski definition) is 0. The Hall–Kier alpha value is -1.55. The third-order valence-corrected chi connectivity index (χ3v) is 4.54. The first-order valence-corrected chi connectivity index (χ1v) is 10.7. The van der Waals surface area contributed by atoms with Crippen molar-refractivity contribution in [3.63, 3.8) is 0 Å². The van der Waals surface area contributed by atoms with Crippen molar-refractivity contribution in [3.8, 4) is 5.75 Å². The molecule has 0 aliphatic carbocycles. The van der Waals surface area contributed by atoms with E-state index >= 15 is 0 Å². The average Bonchev–Trinajstić information content (AvgIpc) is 2.69. The Balaban J connectivity index is 2.09. The molecule has 4 heteroatoms. The summed E-state index contributed by atoms with van der Waals surface area (Å²) in [6.45, 7) is 5.28. The highest BCUT2D eigenvalue weighted by atomic mass is 16.6. The molecule has 0 spiro atoms. The highest BCUT2D eigenvalue weighted by molar-refractivity contribution is 5.74. The average molecular weight is 379 g/mol. The molecule has 0 saturated heterocycles. The molecule has 0 amide bonds. The number of benzene rings is 1. The predicted molar refractivity (Wildman–Crippen MR) is 110 cm³/mol. The van der Waals surface area contributed by atoms with Gasteiger partial charge in [0.15, 0.2) is 6.10 Å². The van der Waals surface area contributed by atoms with Crippen LogP contribution in [0.2, 0.25) is 0 Å². The van der Waals surface area contributed by atoms with Gasteiger partial charge in [-0.05, 0) is 25.5 Å².